The second kappa shape index (κ2) is 12.9. The van der Waals surface area contributed by atoms with Gasteiger partial charge in [-0.15, -0.1) is 0 Å². The predicted molar refractivity (Wildman–Crippen MR) is 162 cm³/mol. The van der Waals surface area contributed by atoms with Crippen LogP contribution in [0.4, 0.5) is 0 Å². The fourth-order valence-electron chi connectivity index (χ4n) is 3.92. The van der Waals surface area contributed by atoms with Crippen molar-refractivity contribution in [3.05, 3.63) is 114 Å². The highest BCUT2D eigenvalue weighted by molar-refractivity contribution is 14.1. The topological polar surface area (TPSA) is 62.1 Å². The van der Waals surface area contributed by atoms with Crippen molar-refractivity contribution < 1.29 is 9.53 Å². The van der Waals surface area contributed by atoms with Crippen molar-refractivity contribution in [3.8, 4) is 11.8 Å². The van der Waals surface area contributed by atoms with E-state index in [-0.39, 0.29) is 11.5 Å². The monoisotopic (exact) mass is 698 g/mol. The van der Waals surface area contributed by atoms with E-state index in [9.17, 15) is 10.1 Å². The van der Waals surface area contributed by atoms with Crippen LogP contribution in [0.1, 0.15) is 23.1 Å². The normalized spacial score (nSPS) is 11.2. The number of hydrogen-bond acceptors (Lipinski definition) is 3. The van der Waals surface area contributed by atoms with Crippen LogP contribution in [0.15, 0.2) is 90.5 Å². The van der Waals surface area contributed by atoms with Gasteiger partial charge in [-0.2, -0.15) is 5.26 Å². The number of ether oxygens (including phenoxy) is 1. The van der Waals surface area contributed by atoms with Crippen LogP contribution in [0.5, 0.6) is 5.75 Å². The molecule has 6 heteroatoms. The molecule has 0 saturated heterocycles. The van der Waals surface area contributed by atoms with Crippen LogP contribution in [0, 0.1) is 18.5 Å². The fraction of sp³-hybridized carbons (Fsp3) is 0.133. The number of aryl methyl sites for hydroxylation is 1. The quantitative estimate of drug-likeness (QED) is 0.0866. The molecule has 4 aromatic rings. The van der Waals surface area contributed by atoms with E-state index in [1.165, 1.54) is 16.3 Å². The standard InChI is InChI=1S/C30H24I2N2O2/c31-27-17-22(16-25(19-33)30(35)34-15-7-10-21-8-2-1-3-9-21)18-28(32)29(27)36-20-24-13-6-12-23-11-4-5-14-26(23)24/h1-6,8-9,11-14,16-18H,7,10,15,20H2,(H,34,35)/b25-16-. The van der Waals surface area contributed by atoms with Crippen molar-refractivity contribution in [3.63, 3.8) is 0 Å². The van der Waals surface area contributed by atoms with Gasteiger partial charge in [0.25, 0.3) is 5.91 Å². The Morgan fingerprint density at radius 1 is 0.944 bits per heavy atom. The van der Waals surface area contributed by atoms with E-state index < -0.39 is 0 Å². The molecule has 4 aromatic carbocycles. The number of amides is 1. The van der Waals surface area contributed by atoms with E-state index in [0.717, 1.165) is 36.9 Å². The second-order valence-electron chi connectivity index (χ2n) is 8.26. The zero-order valence-electron chi connectivity index (χ0n) is 19.5. The van der Waals surface area contributed by atoms with E-state index in [1.807, 2.05) is 54.6 Å². The Bertz CT molecular complexity index is 1410. The number of hydrogen-bond donors (Lipinski definition) is 1. The molecule has 0 aromatic heterocycles. The van der Waals surface area contributed by atoms with Crippen molar-refractivity contribution >= 4 is 67.9 Å². The molecule has 0 saturated carbocycles. The summed E-state index contributed by atoms with van der Waals surface area (Å²) in [6, 6.07) is 30.5. The summed E-state index contributed by atoms with van der Waals surface area (Å²) < 4.78 is 8.06. The number of carbonyl (C=O) groups excluding carboxylic acids is 1. The maximum Gasteiger partial charge on any atom is 0.261 e. The third-order valence-corrected chi connectivity index (χ3v) is 7.32. The Balaban J connectivity index is 1.40. The number of benzene rings is 4. The molecule has 4 rings (SSSR count). The number of carbonyl (C=O) groups is 1. The Hall–Kier alpha value is -2.90. The molecule has 0 heterocycles. The summed E-state index contributed by atoms with van der Waals surface area (Å²) in [5.74, 6) is 0.442. The van der Waals surface area contributed by atoms with Crippen LogP contribution in [0.2, 0.25) is 0 Å². The number of halogens is 2. The Kier molecular flexibility index (Phi) is 9.36. The molecule has 0 aliphatic heterocycles. The summed E-state index contributed by atoms with van der Waals surface area (Å²) in [7, 11) is 0. The minimum Gasteiger partial charge on any atom is -0.487 e. The average molecular weight is 698 g/mol. The summed E-state index contributed by atoms with van der Waals surface area (Å²) in [5.41, 5.74) is 3.23. The van der Waals surface area contributed by atoms with Gasteiger partial charge in [0, 0.05) is 6.54 Å². The first-order chi connectivity index (χ1) is 17.5. The summed E-state index contributed by atoms with van der Waals surface area (Å²) in [6.07, 6.45) is 3.32. The second-order valence-corrected chi connectivity index (χ2v) is 10.6. The summed E-state index contributed by atoms with van der Waals surface area (Å²) >= 11 is 4.48. The number of rotatable bonds is 9. The van der Waals surface area contributed by atoms with E-state index in [4.69, 9.17) is 4.74 Å². The van der Waals surface area contributed by atoms with Crippen LogP contribution < -0.4 is 10.1 Å². The van der Waals surface area contributed by atoms with E-state index in [2.05, 4.69) is 86.9 Å². The van der Waals surface area contributed by atoms with Gasteiger partial charge in [-0.3, -0.25) is 4.79 Å². The van der Waals surface area contributed by atoms with Gasteiger partial charge in [-0.1, -0.05) is 72.8 Å². The summed E-state index contributed by atoms with van der Waals surface area (Å²) in [6.45, 7) is 0.972. The fourth-order valence-corrected chi connectivity index (χ4v) is 6.05. The van der Waals surface area contributed by atoms with Gasteiger partial charge in [-0.05, 0) is 104 Å². The Morgan fingerprint density at radius 3 is 2.39 bits per heavy atom. The molecule has 1 N–H and O–H groups in total. The minimum absolute atomic E-state index is 0.0886. The minimum atomic E-state index is -0.355. The predicted octanol–water partition coefficient (Wildman–Crippen LogP) is 7.28. The first kappa shape index (κ1) is 26.2. The van der Waals surface area contributed by atoms with Crippen molar-refractivity contribution in [1.82, 2.24) is 5.32 Å². The van der Waals surface area contributed by atoms with Crippen molar-refractivity contribution in [2.75, 3.05) is 6.54 Å². The molecule has 4 nitrogen and oxygen atoms in total. The molecule has 0 bridgehead atoms. The van der Waals surface area contributed by atoms with Crippen molar-refractivity contribution in [2.24, 2.45) is 0 Å². The highest BCUT2D eigenvalue weighted by Gasteiger charge is 2.13. The van der Waals surface area contributed by atoms with Gasteiger partial charge < -0.3 is 10.1 Å². The lowest BCUT2D eigenvalue weighted by atomic mass is 10.1. The molecule has 180 valence electrons. The maximum atomic E-state index is 12.6. The smallest absolute Gasteiger partial charge is 0.261 e. The lowest BCUT2D eigenvalue weighted by Gasteiger charge is -2.13. The molecule has 0 atom stereocenters. The van der Waals surface area contributed by atoms with Crippen molar-refractivity contribution in [1.29, 1.82) is 5.26 Å². The molecule has 0 radical (unpaired) electrons. The summed E-state index contributed by atoms with van der Waals surface area (Å²) in [4.78, 5) is 12.6. The Labute approximate surface area is 238 Å². The number of nitrogens with one attached hydrogen (secondary N) is 1. The van der Waals surface area contributed by atoms with Crippen LogP contribution in [0.25, 0.3) is 16.8 Å². The molecule has 0 spiro atoms. The van der Waals surface area contributed by atoms with Crippen LogP contribution in [-0.4, -0.2) is 12.5 Å². The molecule has 0 fully saturated rings. The zero-order valence-corrected chi connectivity index (χ0v) is 23.8. The first-order valence-corrected chi connectivity index (χ1v) is 13.7. The van der Waals surface area contributed by atoms with Gasteiger partial charge in [0.2, 0.25) is 0 Å². The van der Waals surface area contributed by atoms with Crippen LogP contribution in [-0.2, 0) is 17.8 Å². The third-order valence-electron chi connectivity index (χ3n) is 5.72. The van der Waals surface area contributed by atoms with Gasteiger partial charge >= 0.3 is 0 Å². The average Bonchev–Trinajstić information content (AvgIpc) is 2.90. The number of fused-ring (bicyclic) bond motifs is 1. The molecule has 36 heavy (non-hydrogen) atoms. The van der Waals surface area contributed by atoms with Gasteiger partial charge in [0.05, 0.1) is 7.14 Å². The molecular formula is C30H24I2N2O2. The zero-order chi connectivity index (χ0) is 25.3. The maximum absolute atomic E-state index is 12.6. The first-order valence-electron chi connectivity index (χ1n) is 11.6. The highest BCUT2D eigenvalue weighted by Crippen LogP contribution is 2.31. The van der Waals surface area contributed by atoms with E-state index >= 15 is 0 Å². The van der Waals surface area contributed by atoms with Crippen LogP contribution >= 0.6 is 45.2 Å². The molecule has 0 unspecified atom stereocenters. The molecule has 1 amide bonds. The SMILES string of the molecule is N#C/C(=C/c1cc(I)c(OCc2cccc3ccccc23)c(I)c1)C(=O)NCCCc1ccccc1. The van der Waals surface area contributed by atoms with E-state index in [1.54, 1.807) is 6.08 Å². The van der Waals surface area contributed by atoms with Gasteiger partial charge in [0.15, 0.2) is 0 Å². The molecular weight excluding hydrogens is 674 g/mol. The third kappa shape index (κ3) is 6.86. The lowest BCUT2D eigenvalue weighted by molar-refractivity contribution is -0.117. The van der Waals surface area contributed by atoms with E-state index in [0.29, 0.717) is 13.2 Å². The largest absolute Gasteiger partial charge is 0.487 e. The highest BCUT2D eigenvalue weighted by atomic mass is 127. The van der Waals surface area contributed by atoms with Gasteiger partial charge in [0.1, 0.15) is 24.0 Å². The number of nitrogens with zero attached hydrogens (tertiary/aromatic N) is 1. The van der Waals surface area contributed by atoms with Gasteiger partial charge in [-0.25, -0.2) is 0 Å². The number of nitriles is 1. The molecule has 0 aliphatic rings. The van der Waals surface area contributed by atoms with Crippen molar-refractivity contribution in [2.45, 2.75) is 19.4 Å². The lowest BCUT2D eigenvalue weighted by Crippen LogP contribution is -2.25. The molecule has 0 aliphatic carbocycles. The summed E-state index contributed by atoms with van der Waals surface area (Å²) in [5, 5.41) is 14.8. The van der Waals surface area contributed by atoms with Crippen LogP contribution in [0.3, 0.4) is 0 Å². The Morgan fingerprint density at radius 2 is 1.64 bits per heavy atom.